The van der Waals surface area contributed by atoms with E-state index in [0.717, 1.165) is 5.56 Å². The summed E-state index contributed by atoms with van der Waals surface area (Å²) in [5, 5.41) is 0. The van der Waals surface area contributed by atoms with Gasteiger partial charge in [0, 0.05) is 19.2 Å². The second kappa shape index (κ2) is 6.78. The lowest BCUT2D eigenvalue weighted by Crippen LogP contribution is -2.36. The van der Waals surface area contributed by atoms with Gasteiger partial charge in [-0.15, -0.1) is 0 Å². The number of sulfonamides is 1. The van der Waals surface area contributed by atoms with Crippen LogP contribution in [-0.4, -0.2) is 34.7 Å². The molecule has 0 amide bonds. The third-order valence-corrected chi connectivity index (χ3v) is 5.27. The Kier molecular flexibility index (Phi) is 4.73. The molecule has 0 spiro atoms. The molecule has 5 nitrogen and oxygen atoms in total. The molecule has 1 aliphatic rings. The second-order valence-electron chi connectivity index (χ2n) is 5.68. The smallest absolute Gasteiger partial charge is 0.261 e. The third-order valence-electron chi connectivity index (χ3n) is 3.89. The van der Waals surface area contributed by atoms with Crippen molar-refractivity contribution in [3.63, 3.8) is 0 Å². The Hall–Kier alpha value is -2.12. The number of hydrogen-bond donors (Lipinski definition) is 1. The Balaban J connectivity index is 1.93. The molecule has 0 radical (unpaired) electrons. The number of hydrogen-bond acceptors (Lipinski definition) is 4. The van der Waals surface area contributed by atoms with E-state index in [2.05, 4.69) is 4.72 Å². The van der Waals surface area contributed by atoms with E-state index >= 15 is 0 Å². The normalized spacial score (nSPS) is 15.3. The van der Waals surface area contributed by atoms with Gasteiger partial charge in [0.25, 0.3) is 10.0 Å². The van der Waals surface area contributed by atoms with Crippen LogP contribution in [0.5, 0.6) is 0 Å². The topological polar surface area (TPSA) is 58.6 Å². The lowest BCUT2D eigenvalue weighted by molar-refractivity contribution is 0.123. The maximum absolute atomic E-state index is 13.7. The van der Waals surface area contributed by atoms with Crippen molar-refractivity contribution in [3.05, 3.63) is 53.8 Å². The largest absolute Gasteiger partial charge is 0.378 e. The summed E-state index contributed by atoms with van der Waals surface area (Å²) in [5.41, 5.74) is 1.85. The van der Waals surface area contributed by atoms with Gasteiger partial charge in [-0.1, -0.05) is 17.7 Å². The van der Waals surface area contributed by atoms with Crippen LogP contribution in [0.15, 0.2) is 47.4 Å². The predicted molar refractivity (Wildman–Crippen MR) is 91.4 cm³/mol. The summed E-state index contributed by atoms with van der Waals surface area (Å²) in [7, 11) is -3.78. The van der Waals surface area contributed by atoms with Crippen LogP contribution in [0.1, 0.15) is 5.56 Å². The minimum absolute atomic E-state index is 0.144. The maximum Gasteiger partial charge on any atom is 0.261 e. The van der Waals surface area contributed by atoms with Gasteiger partial charge in [0.05, 0.1) is 29.5 Å². The Morgan fingerprint density at radius 3 is 2.42 bits per heavy atom. The van der Waals surface area contributed by atoms with Gasteiger partial charge in [-0.05, 0) is 31.2 Å². The van der Waals surface area contributed by atoms with Crippen LogP contribution in [0.3, 0.4) is 0 Å². The molecule has 128 valence electrons. The average molecular weight is 350 g/mol. The van der Waals surface area contributed by atoms with Crippen molar-refractivity contribution in [2.75, 3.05) is 35.9 Å². The Morgan fingerprint density at radius 2 is 1.75 bits per heavy atom. The van der Waals surface area contributed by atoms with Gasteiger partial charge in [0.2, 0.25) is 0 Å². The Bertz CT molecular complexity index is 816. The van der Waals surface area contributed by atoms with Crippen LogP contribution in [0.2, 0.25) is 0 Å². The van der Waals surface area contributed by atoms with E-state index in [9.17, 15) is 12.8 Å². The molecule has 1 saturated heterocycles. The first-order valence-corrected chi connectivity index (χ1v) is 9.16. The number of aryl methyl sites for hydroxylation is 1. The summed E-state index contributed by atoms with van der Waals surface area (Å²) in [5.74, 6) is -0.492. The Morgan fingerprint density at radius 1 is 1.08 bits per heavy atom. The zero-order valence-electron chi connectivity index (χ0n) is 13.3. The van der Waals surface area contributed by atoms with E-state index < -0.39 is 15.8 Å². The van der Waals surface area contributed by atoms with Crippen molar-refractivity contribution in [3.8, 4) is 0 Å². The number of benzene rings is 2. The van der Waals surface area contributed by atoms with Crippen molar-refractivity contribution in [1.82, 2.24) is 0 Å². The summed E-state index contributed by atoms with van der Waals surface area (Å²) in [6.45, 7) is 4.26. The third kappa shape index (κ3) is 3.68. The van der Waals surface area contributed by atoms with Crippen molar-refractivity contribution in [2.24, 2.45) is 0 Å². The monoisotopic (exact) mass is 350 g/mol. The van der Waals surface area contributed by atoms with Gasteiger partial charge in [-0.3, -0.25) is 4.72 Å². The number of rotatable bonds is 4. The molecule has 0 bridgehead atoms. The molecule has 0 aliphatic carbocycles. The van der Waals surface area contributed by atoms with Crippen molar-refractivity contribution in [1.29, 1.82) is 0 Å². The van der Waals surface area contributed by atoms with Crippen LogP contribution >= 0.6 is 0 Å². The van der Waals surface area contributed by atoms with Crippen molar-refractivity contribution < 1.29 is 17.5 Å². The highest BCUT2D eigenvalue weighted by atomic mass is 32.2. The highest BCUT2D eigenvalue weighted by Gasteiger charge is 2.20. The van der Waals surface area contributed by atoms with E-state index in [0.29, 0.717) is 32.0 Å². The molecule has 2 aromatic rings. The molecule has 7 heteroatoms. The van der Waals surface area contributed by atoms with Gasteiger partial charge in [0.15, 0.2) is 0 Å². The minimum atomic E-state index is -3.78. The Labute approximate surface area is 141 Å². The highest BCUT2D eigenvalue weighted by molar-refractivity contribution is 7.92. The van der Waals surface area contributed by atoms with Crippen LogP contribution < -0.4 is 9.62 Å². The zero-order valence-corrected chi connectivity index (χ0v) is 14.1. The number of morpholine rings is 1. The molecule has 0 saturated carbocycles. The molecule has 3 rings (SSSR count). The van der Waals surface area contributed by atoms with Crippen molar-refractivity contribution >= 4 is 21.4 Å². The van der Waals surface area contributed by atoms with Gasteiger partial charge >= 0.3 is 0 Å². The average Bonchev–Trinajstić information content (AvgIpc) is 2.56. The van der Waals surface area contributed by atoms with E-state index in [1.165, 1.54) is 24.3 Å². The quantitative estimate of drug-likeness (QED) is 0.921. The van der Waals surface area contributed by atoms with Crippen LogP contribution in [-0.2, 0) is 14.8 Å². The summed E-state index contributed by atoms with van der Waals surface area (Å²) in [6, 6.07) is 10.6. The minimum Gasteiger partial charge on any atom is -0.378 e. The molecule has 1 N–H and O–H groups in total. The second-order valence-corrected chi connectivity index (χ2v) is 7.36. The van der Waals surface area contributed by atoms with Gasteiger partial charge in [-0.2, -0.15) is 0 Å². The van der Waals surface area contributed by atoms with Crippen molar-refractivity contribution in [2.45, 2.75) is 11.8 Å². The molecule has 1 fully saturated rings. The lowest BCUT2D eigenvalue weighted by atomic mass is 10.2. The molecule has 1 heterocycles. The van der Waals surface area contributed by atoms with Crippen LogP contribution in [0.25, 0.3) is 0 Å². The van der Waals surface area contributed by atoms with E-state index in [1.807, 2.05) is 11.8 Å². The predicted octanol–water partition coefficient (Wildman–Crippen LogP) is 2.77. The molecule has 1 aliphatic heterocycles. The first-order chi connectivity index (χ1) is 11.5. The van der Waals surface area contributed by atoms with E-state index in [1.54, 1.807) is 18.2 Å². The SMILES string of the molecule is Cc1ccc(S(=O)(=O)Nc2cc(F)ccc2N2CCOCC2)cc1. The number of nitrogens with one attached hydrogen (secondary N) is 1. The number of halogens is 1. The van der Waals surface area contributed by atoms with Gasteiger partial charge in [-0.25, -0.2) is 12.8 Å². The van der Waals surface area contributed by atoms with Gasteiger partial charge < -0.3 is 9.64 Å². The molecular formula is C17H19FN2O3S. The molecule has 0 unspecified atom stereocenters. The lowest BCUT2D eigenvalue weighted by Gasteiger charge is -2.30. The summed E-state index contributed by atoms with van der Waals surface area (Å²) >= 11 is 0. The molecule has 0 atom stereocenters. The number of anilines is 2. The molecule has 0 aromatic heterocycles. The van der Waals surface area contributed by atoms with E-state index in [4.69, 9.17) is 4.74 Å². The van der Waals surface area contributed by atoms with Crippen LogP contribution in [0, 0.1) is 12.7 Å². The maximum atomic E-state index is 13.7. The first kappa shape index (κ1) is 16.7. The highest BCUT2D eigenvalue weighted by Crippen LogP contribution is 2.29. The van der Waals surface area contributed by atoms with E-state index in [-0.39, 0.29) is 10.6 Å². The summed E-state index contributed by atoms with van der Waals surface area (Å²) < 4.78 is 46.7. The fraction of sp³-hybridized carbons (Fsp3) is 0.294. The zero-order chi connectivity index (χ0) is 17.2. The molecule has 2 aromatic carbocycles. The fourth-order valence-corrected chi connectivity index (χ4v) is 3.66. The number of ether oxygens (including phenoxy) is 1. The first-order valence-electron chi connectivity index (χ1n) is 7.67. The molecular weight excluding hydrogens is 331 g/mol. The van der Waals surface area contributed by atoms with Gasteiger partial charge in [0.1, 0.15) is 5.82 Å². The standard InChI is InChI=1S/C17H19FN2O3S/c1-13-2-5-15(6-3-13)24(21,22)19-16-12-14(18)4-7-17(16)20-8-10-23-11-9-20/h2-7,12,19H,8-11H2,1H3. The molecule has 24 heavy (non-hydrogen) atoms. The number of nitrogens with zero attached hydrogens (tertiary/aromatic N) is 1. The summed E-state index contributed by atoms with van der Waals surface area (Å²) in [6.07, 6.45) is 0. The summed E-state index contributed by atoms with van der Waals surface area (Å²) in [4.78, 5) is 2.13. The van der Waals surface area contributed by atoms with Crippen LogP contribution in [0.4, 0.5) is 15.8 Å². The fourth-order valence-electron chi connectivity index (χ4n) is 2.59.